The van der Waals surface area contributed by atoms with Crippen molar-refractivity contribution in [2.75, 3.05) is 7.11 Å². The summed E-state index contributed by atoms with van der Waals surface area (Å²) in [5, 5.41) is 10.2. The third-order valence-corrected chi connectivity index (χ3v) is 4.82. The van der Waals surface area contributed by atoms with Gasteiger partial charge in [0.1, 0.15) is 11.6 Å². The normalized spacial score (nSPS) is 10.9. The summed E-state index contributed by atoms with van der Waals surface area (Å²) < 4.78 is 19.1. The number of carboxylic acid groups (broad SMARTS) is 1. The van der Waals surface area contributed by atoms with Gasteiger partial charge in [-0.25, -0.2) is 9.18 Å². The van der Waals surface area contributed by atoms with Crippen LogP contribution in [-0.4, -0.2) is 23.2 Å². The highest BCUT2D eigenvalue weighted by atomic mass is 19.1. The summed E-state index contributed by atoms with van der Waals surface area (Å²) in [6.07, 6.45) is 0.469. The molecule has 4 nitrogen and oxygen atoms in total. The second kappa shape index (κ2) is 7.19. The molecule has 28 heavy (non-hydrogen) atoms. The average Bonchev–Trinajstić information content (AvgIpc) is 3.07. The number of hydrogen-bond donors (Lipinski definition) is 2. The number of hydrogen-bond acceptors (Lipinski definition) is 2. The number of ether oxygens (including phenoxy) is 1. The summed E-state index contributed by atoms with van der Waals surface area (Å²) in [6.45, 7) is 0. The van der Waals surface area contributed by atoms with Gasteiger partial charge in [-0.1, -0.05) is 36.4 Å². The summed E-state index contributed by atoms with van der Waals surface area (Å²) in [5.74, 6) is -1.26. The fourth-order valence-corrected chi connectivity index (χ4v) is 3.45. The topological polar surface area (TPSA) is 62.3 Å². The summed E-state index contributed by atoms with van der Waals surface area (Å²) >= 11 is 0. The minimum atomic E-state index is -1.27. The zero-order valence-corrected chi connectivity index (χ0v) is 15.2. The van der Waals surface area contributed by atoms with Crippen LogP contribution in [0.2, 0.25) is 0 Å². The van der Waals surface area contributed by atoms with Gasteiger partial charge in [0.15, 0.2) is 0 Å². The standard InChI is InChI=1S/C23H18FNO3/c1-28-16-8-9-17-18(11-14-7-10-20(24)19(12-14)23(26)27)22(25-21(17)13-16)15-5-3-2-4-6-15/h2-10,12-13,25H,11H2,1H3,(H,26,27). The highest BCUT2D eigenvalue weighted by Gasteiger charge is 2.16. The number of methoxy groups -OCH3 is 1. The van der Waals surface area contributed by atoms with Gasteiger partial charge in [0.05, 0.1) is 18.4 Å². The average molecular weight is 375 g/mol. The van der Waals surface area contributed by atoms with Gasteiger partial charge in [0, 0.05) is 23.4 Å². The number of halogens is 1. The van der Waals surface area contributed by atoms with Gasteiger partial charge in [0.25, 0.3) is 0 Å². The predicted octanol–water partition coefficient (Wildman–Crippen LogP) is 5.27. The second-order valence-corrected chi connectivity index (χ2v) is 6.55. The van der Waals surface area contributed by atoms with Crippen LogP contribution in [0.3, 0.4) is 0 Å². The lowest BCUT2D eigenvalue weighted by Gasteiger charge is -2.07. The van der Waals surface area contributed by atoms with Gasteiger partial charge in [0.2, 0.25) is 0 Å². The van der Waals surface area contributed by atoms with Crippen LogP contribution >= 0.6 is 0 Å². The highest BCUT2D eigenvalue weighted by Crippen LogP contribution is 2.34. The SMILES string of the molecule is COc1ccc2c(Cc3ccc(F)c(C(=O)O)c3)c(-c3ccccc3)[nH]c2c1. The number of aromatic amines is 1. The van der Waals surface area contributed by atoms with Crippen LogP contribution in [0.5, 0.6) is 5.75 Å². The van der Waals surface area contributed by atoms with Gasteiger partial charge in [-0.05, 0) is 41.0 Å². The van der Waals surface area contributed by atoms with Gasteiger partial charge in [-0.2, -0.15) is 0 Å². The molecule has 0 amide bonds. The first-order valence-corrected chi connectivity index (χ1v) is 8.82. The Kier molecular flexibility index (Phi) is 4.57. The summed E-state index contributed by atoms with van der Waals surface area (Å²) in [5.41, 5.74) is 4.33. The maximum Gasteiger partial charge on any atom is 0.338 e. The van der Waals surface area contributed by atoms with E-state index in [-0.39, 0.29) is 5.56 Å². The zero-order valence-electron chi connectivity index (χ0n) is 15.2. The molecule has 0 bridgehead atoms. The number of benzene rings is 3. The monoisotopic (exact) mass is 375 g/mol. The molecule has 0 atom stereocenters. The van der Waals surface area contributed by atoms with Crippen LogP contribution in [0, 0.1) is 5.82 Å². The lowest BCUT2D eigenvalue weighted by Crippen LogP contribution is -2.02. The fourth-order valence-electron chi connectivity index (χ4n) is 3.45. The molecular formula is C23H18FNO3. The molecule has 140 valence electrons. The van der Waals surface area contributed by atoms with E-state index in [0.717, 1.165) is 39.0 Å². The first-order chi connectivity index (χ1) is 13.6. The minimum Gasteiger partial charge on any atom is -0.497 e. The molecule has 0 spiro atoms. The van der Waals surface area contributed by atoms with E-state index in [9.17, 15) is 14.3 Å². The maximum atomic E-state index is 13.8. The molecule has 0 radical (unpaired) electrons. The fraction of sp³-hybridized carbons (Fsp3) is 0.0870. The Bertz CT molecular complexity index is 1170. The highest BCUT2D eigenvalue weighted by molar-refractivity contribution is 5.92. The molecule has 1 aromatic heterocycles. The van der Waals surface area contributed by atoms with Crippen molar-refractivity contribution in [2.45, 2.75) is 6.42 Å². The number of aromatic carboxylic acids is 1. The van der Waals surface area contributed by atoms with Crippen LogP contribution < -0.4 is 4.74 Å². The molecule has 0 aliphatic carbocycles. The molecule has 0 aliphatic rings. The molecule has 0 aliphatic heterocycles. The Morgan fingerprint density at radius 2 is 1.86 bits per heavy atom. The molecule has 4 rings (SSSR count). The molecule has 5 heteroatoms. The van der Waals surface area contributed by atoms with Crippen molar-refractivity contribution in [3.05, 3.63) is 89.2 Å². The van der Waals surface area contributed by atoms with Crippen molar-refractivity contribution in [2.24, 2.45) is 0 Å². The lowest BCUT2D eigenvalue weighted by atomic mass is 9.97. The largest absolute Gasteiger partial charge is 0.497 e. The first kappa shape index (κ1) is 17.8. The van der Waals surface area contributed by atoms with E-state index in [1.165, 1.54) is 12.1 Å². The molecule has 0 saturated heterocycles. The molecule has 0 fully saturated rings. The molecule has 1 heterocycles. The number of carbonyl (C=O) groups is 1. The van der Waals surface area contributed by atoms with E-state index in [0.29, 0.717) is 6.42 Å². The van der Waals surface area contributed by atoms with Crippen LogP contribution in [0.1, 0.15) is 21.5 Å². The van der Waals surface area contributed by atoms with Crippen molar-refractivity contribution >= 4 is 16.9 Å². The van der Waals surface area contributed by atoms with Crippen molar-refractivity contribution < 1.29 is 19.0 Å². The van der Waals surface area contributed by atoms with Gasteiger partial charge < -0.3 is 14.8 Å². The second-order valence-electron chi connectivity index (χ2n) is 6.55. The van der Waals surface area contributed by atoms with Crippen molar-refractivity contribution in [1.82, 2.24) is 4.98 Å². The third-order valence-electron chi connectivity index (χ3n) is 4.82. The number of aromatic nitrogens is 1. The van der Waals surface area contributed by atoms with E-state index in [1.54, 1.807) is 13.2 Å². The van der Waals surface area contributed by atoms with Crippen LogP contribution in [0.4, 0.5) is 4.39 Å². The minimum absolute atomic E-state index is 0.319. The molecule has 0 unspecified atom stereocenters. The Labute approximate surface area is 161 Å². The molecular weight excluding hydrogens is 357 g/mol. The Morgan fingerprint density at radius 1 is 1.07 bits per heavy atom. The molecule has 0 saturated carbocycles. The Morgan fingerprint density at radius 3 is 2.57 bits per heavy atom. The van der Waals surface area contributed by atoms with Gasteiger partial charge >= 0.3 is 5.97 Å². The van der Waals surface area contributed by atoms with Crippen molar-refractivity contribution in [3.8, 4) is 17.0 Å². The van der Waals surface area contributed by atoms with E-state index in [1.807, 2.05) is 48.5 Å². The van der Waals surface area contributed by atoms with E-state index in [2.05, 4.69) is 4.98 Å². The van der Waals surface area contributed by atoms with Crippen molar-refractivity contribution in [3.63, 3.8) is 0 Å². The number of nitrogens with one attached hydrogen (secondary N) is 1. The summed E-state index contributed by atoms with van der Waals surface area (Å²) in [6, 6.07) is 19.9. The number of fused-ring (bicyclic) bond motifs is 1. The Balaban J connectivity index is 1.87. The van der Waals surface area contributed by atoms with E-state index < -0.39 is 11.8 Å². The molecule has 4 aromatic rings. The van der Waals surface area contributed by atoms with Crippen LogP contribution in [-0.2, 0) is 6.42 Å². The van der Waals surface area contributed by atoms with Gasteiger partial charge in [-0.15, -0.1) is 0 Å². The lowest BCUT2D eigenvalue weighted by molar-refractivity contribution is 0.0691. The maximum absolute atomic E-state index is 13.8. The van der Waals surface area contributed by atoms with Crippen molar-refractivity contribution in [1.29, 1.82) is 0 Å². The quantitative estimate of drug-likeness (QED) is 0.499. The van der Waals surface area contributed by atoms with Crippen LogP contribution in [0.15, 0.2) is 66.7 Å². The first-order valence-electron chi connectivity index (χ1n) is 8.82. The zero-order chi connectivity index (χ0) is 19.7. The summed E-state index contributed by atoms with van der Waals surface area (Å²) in [4.78, 5) is 14.7. The molecule has 2 N–H and O–H groups in total. The smallest absolute Gasteiger partial charge is 0.338 e. The summed E-state index contributed by atoms with van der Waals surface area (Å²) in [7, 11) is 1.62. The number of rotatable bonds is 5. The van der Waals surface area contributed by atoms with Gasteiger partial charge in [-0.3, -0.25) is 0 Å². The number of H-pyrrole nitrogens is 1. The van der Waals surface area contributed by atoms with Crippen LogP contribution in [0.25, 0.3) is 22.2 Å². The predicted molar refractivity (Wildman–Crippen MR) is 106 cm³/mol. The third kappa shape index (κ3) is 3.22. The number of carboxylic acids is 1. The molecule has 3 aromatic carbocycles. The van der Waals surface area contributed by atoms with E-state index in [4.69, 9.17) is 4.74 Å². The Hall–Kier alpha value is -3.60. The van der Waals surface area contributed by atoms with E-state index >= 15 is 0 Å².